The van der Waals surface area contributed by atoms with Crippen molar-refractivity contribution in [2.24, 2.45) is 0 Å². The molecule has 26 heavy (non-hydrogen) atoms. The van der Waals surface area contributed by atoms with Crippen LogP contribution in [0.5, 0.6) is 0 Å². The van der Waals surface area contributed by atoms with E-state index in [1.54, 1.807) is 12.1 Å². The third-order valence-corrected chi connectivity index (χ3v) is 4.39. The zero-order valence-corrected chi connectivity index (χ0v) is 14.2. The predicted octanol–water partition coefficient (Wildman–Crippen LogP) is 2.27. The first-order chi connectivity index (χ1) is 12.2. The number of carbonyl (C=O) groups is 1. The highest BCUT2D eigenvalue weighted by Crippen LogP contribution is 2.30. The number of aromatic amines is 1. The van der Waals surface area contributed by atoms with Crippen LogP contribution in [0.25, 0.3) is 5.69 Å². The van der Waals surface area contributed by atoms with Crippen LogP contribution in [0.3, 0.4) is 0 Å². The number of nitrogens with zero attached hydrogens (tertiary/aromatic N) is 2. The molecule has 6 nitrogen and oxygen atoms in total. The number of morpholine rings is 1. The van der Waals surface area contributed by atoms with Gasteiger partial charge in [-0.05, 0) is 26.0 Å². The van der Waals surface area contributed by atoms with E-state index in [4.69, 9.17) is 4.74 Å². The lowest BCUT2D eigenvalue weighted by molar-refractivity contribution is -0.247. The molecule has 0 aliphatic carbocycles. The zero-order chi connectivity index (χ0) is 19.1. The number of H-pyrrole nitrogens is 1. The Bertz CT molecular complexity index is 855. The number of aryl methyl sites for hydroxylation is 1. The minimum atomic E-state index is -4.57. The van der Waals surface area contributed by atoms with Crippen molar-refractivity contribution in [1.29, 1.82) is 0 Å². The Morgan fingerprint density at radius 1 is 1.27 bits per heavy atom. The molecule has 140 valence electrons. The van der Waals surface area contributed by atoms with E-state index in [1.165, 1.54) is 11.6 Å². The predicted molar refractivity (Wildman–Crippen MR) is 87.4 cm³/mol. The van der Waals surface area contributed by atoms with Gasteiger partial charge in [-0.15, -0.1) is 0 Å². The molecule has 2 aromatic rings. The van der Waals surface area contributed by atoms with E-state index in [1.807, 2.05) is 19.1 Å². The van der Waals surface area contributed by atoms with Crippen LogP contribution >= 0.6 is 0 Å². The molecule has 1 amide bonds. The fraction of sp³-hybridized carbons (Fsp3) is 0.412. The van der Waals surface area contributed by atoms with Gasteiger partial charge in [-0.2, -0.15) is 13.2 Å². The highest BCUT2D eigenvalue weighted by atomic mass is 19.4. The van der Waals surface area contributed by atoms with Crippen LogP contribution in [0.1, 0.15) is 23.0 Å². The Kier molecular flexibility index (Phi) is 4.66. The Morgan fingerprint density at radius 2 is 1.92 bits per heavy atom. The molecule has 0 saturated carbocycles. The van der Waals surface area contributed by atoms with E-state index in [0.717, 1.165) is 16.5 Å². The number of amides is 1. The number of hydrogen-bond donors (Lipinski definition) is 1. The van der Waals surface area contributed by atoms with Crippen molar-refractivity contribution in [1.82, 2.24) is 14.7 Å². The Labute approximate surface area is 147 Å². The highest BCUT2D eigenvalue weighted by Gasteiger charge is 2.49. The van der Waals surface area contributed by atoms with Gasteiger partial charge in [0.05, 0.1) is 18.3 Å². The maximum absolute atomic E-state index is 13.0. The summed E-state index contributed by atoms with van der Waals surface area (Å²) in [7, 11) is 0. The number of alkyl halides is 3. The molecule has 0 radical (unpaired) electrons. The Balaban J connectivity index is 1.87. The number of carbonyl (C=O) groups excluding carboxylic acids is 1. The van der Waals surface area contributed by atoms with Gasteiger partial charge in [-0.25, -0.2) is 4.68 Å². The summed E-state index contributed by atoms with van der Waals surface area (Å²) in [6.45, 7) is 2.98. The summed E-state index contributed by atoms with van der Waals surface area (Å²) in [5.74, 6) is -0.669. The molecule has 1 saturated heterocycles. The molecule has 1 fully saturated rings. The summed E-state index contributed by atoms with van der Waals surface area (Å²) in [5, 5.41) is 2.68. The third-order valence-electron chi connectivity index (χ3n) is 4.39. The molecular weight excluding hydrogens is 351 g/mol. The molecule has 1 aliphatic rings. The number of aromatic nitrogens is 2. The molecule has 1 aliphatic heterocycles. The van der Waals surface area contributed by atoms with Crippen molar-refractivity contribution in [3.05, 3.63) is 51.9 Å². The Hall–Kier alpha value is -2.55. The summed E-state index contributed by atoms with van der Waals surface area (Å²) in [4.78, 5) is 25.9. The van der Waals surface area contributed by atoms with Crippen LogP contribution < -0.4 is 5.56 Å². The van der Waals surface area contributed by atoms with Gasteiger partial charge in [-0.3, -0.25) is 14.7 Å². The second-order valence-electron chi connectivity index (χ2n) is 6.25. The third kappa shape index (κ3) is 3.39. The van der Waals surface area contributed by atoms with E-state index in [2.05, 4.69) is 5.10 Å². The molecular formula is C17H18F3N3O3. The van der Waals surface area contributed by atoms with E-state index in [0.29, 0.717) is 5.69 Å². The van der Waals surface area contributed by atoms with Gasteiger partial charge < -0.3 is 9.64 Å². The van der Waals surface area contributed by atoms with E-state index < -0.39 is 29.8 Å². The average molecular weight is 369 g/mol. The van der Waals surface area contributed by atoms with Gasteiger partial charge in [0.1, 0.15) is 5.69 Å². The number of hydrogen-bond acceptors (Lipinski definition) is 3. The molecule has 1 N–H and O–H groups in total. The molecule has 0 spiro atoms. The quantitative estimate of drug-likeness (QED) is 0.883. The fourth-order valence-electron chi connectivity index (χ4n) is 2.98. The van der Waals surface area contributed by atoms with Crippen molar-refractivity contribution in [3.63, 3.8) is 0 Å². The molecule has 2 atom stereocenters. The summed E-state index contributed by atoms with van der Waals surface area (Å²) in [5.41, 5.74) is 1.00. The van der Waals surface area contributed by atoms with Gasteiger partial charge >= 0.3 is 6.18 Å². The van der Waals surface area contributed by atoms with E-state index in [9.17, 15) is 22.8 Å². The second kappa shape index (κ2) is 6.64. The highest BCUT2D eigenvalue weighted by molar-refractivity contribution is 5.92. The van der Waals surface area contributed by atoms with Crippen molar-refractivity contribution < 1.29 is 22.7 Å². The molecule has 2 unspecified atom stereocenters. The van der Waals surface area contributed by atoms with Gasteiger partial charge in [0.15, 0.2) is 6.10 Å². The van der Waals surface area contributed by atoms with E-state index in [-0.39, 0.29) is 18.8 Å². The summed E-state index contributed by atoms with van der Waals surface area (Å²) >= 11 is 0. The van der Waals surface area contributed by atoms with Crippen LogP contribution in [0, 0.1) is 6.92 Å². The standard InChI is InChI=1S/C17H18F3N3O3/c1-10-3-5-12(6-4-10)23-14(24)9-13(21-23)16(25)22-7-8-26-15(11(22)2)17(18,19)20/h3-6,9,11,15,21H,7-8H2,1-2H3. The van der Waals surface area contributed by atoms with Gasteiger partial charge in [0.25, 0.3) is 11.5 Å². The lowest BCUT2D eigenvalue weighted by atomic mass is 10.1. The molecule has 9 heteroatoms. The molecule has 2 heterocycles. The molecule has 1 aromatic heterocycles. The van der Waals surface area contributed by atoms with Crippen LogP contribution in [0.15, 0.2) is 35.1 Å². The number of nitrogens with one attached hydrogen (secondary N) is 1. The van der Waals surface area contributed by atoms with Gasteiger partial charge in [-0.1, -0.05) is 17.7 Å². The number of benzene rings is 1. The largest absolute Gasteiger partial charge is 0.416 e. The SMILES string of the molecule is Cc1ccc(-n2[nH]c(C(=O)N3CCOC(C(F)(F)F)C3C)cc2=O)cc1. The summed E-state index contributed by atoms with van der Waals surface area (Å²) in [6.07, 6.45) is -6.62. The van der Waals surface area contributed by atoms with Crippen molar-refractivity contribution in [2.45, 2.75) is 32.2 Å². The average Bonchev–Trinajstić information content (AvgIpc) is 2.96. The van der Waals surface area contributed by atoms with Crippen LogP contribution in [0.4, 0.5) is 13.2 Å². The lowest BCUT2D eigenvalue weighted by Gasteiger charge is -2.39. The normalized spacial score (nSPS) is 21.0. The fourth-order valence-corrected chi connectivity index (χ4v) is 2.98. The van der Waals surface area contributed by atoms with E-state index >= 15 is 0 Å². The lowest BCUT2D eigenvalue weighted by Crippen LogP contribution is -2.57. The molecule has 3 rings (SSSR count). The van der Waals surface area contributed by atoms with Crippen molar-refractivity contribution in [2.75, 3.05) is 13.2 Å². The summed E-state index contributed by atoms with van der Waals surface area (Å²) in [6, 6.07) is 6.93. The van der Waals surface area contributed by atoms with Gasteiger partial charge in [0, 0.05) is 12.6 Å². The number of rotatable bonds is 2. The maximum Gasteiger partial charge on any atom is 0.416 e. The number of halogens is 3. The zero-order valence-electron chi connectivity index (χ0n) is 14.2. The van der Waals surface area contributed by atoms with Crippen molar-refractivity contribution >= 4 is 5.91 Å². The first-order valence-electron chi connectivity index (χ1n) is 8.07. The molecule has 1 aromatic carbocycles. The van der Waals surface area contributed by atoms with Crippen molar-refractivity contribution in [3.8, 4) is 5.69 Å². The molecule has 0 bridgehead atoms. The smallest absolute Gasteiger partial charge is 0.365 e. The second-order valence-corrected chi connectivity index (χ2v) is 6.25. The summed E-state index contributed by atoms with van der Waals surface area (Å²) < 4.78 is 45.0. The topological polar surface area (TPSA) is 67.3 Å². The minimum Gasteiger partial charge on any atom is -0.365 e. The van der Waals surface area contributed by atoms with Crippen LogP contribution in [0.2, 0.25) is 0 Å². The first kappa shape index (κ1) is 18.2. The van der Waals surface area contributed by atoms with Crippen LogP contribution in [-0.2, 0) is 4.74 Å². The monoisotopic (exact) mass is 369 g/mol. The minimum absolute atomic E-state index is 0.0182. The first-order valence-corrected chi connectivity index (χ1v) is 8.07. The van der Waals surface area contributed by atoms with Gasteiger partial charge in [0.2, 0.25) is 0 Å². The Morgan fingerprint density at radius 3 is 2.54 bits per heavy atom. The maximum atomic E-state index is 13.0. The number of ether oxygens (including phenoxy) is 1. The van der Waals surface area contributed by atoms with Crippen LogP contribution in [-0.4, -0.2) is 52.1 Å².